The third-order valence-corrected chi connectivity index (χ3v) is 5.92. The van der Waals surface area contributed by atoms with Crippen LogP contribution in [0.25, 0.3) is 32.9 Å². The average Bonchev–Trinajstić information content (AvgIpc) is 2.72. The van der Waals surface area contributed by atoms with Crippen molar-refractivity contribution in [2.75, 3.05) is 32.6 Å². The van der Waals surface area contributed by atoms with Gasteiger partial charge in [-0.3, -0.25) is 0 Å². The highest BCUT2D eigenvalue weighted by Crippen LogP contribution is 2.37. The van der Waals surface area contributed by atoms with Gasteiger partial charge >= 0.3 is 0 Å². The van der Waals surface area contributed by atoms with Crippen molar-refractivity contribution in [3.05, 3.63) is 71.8 Å². The van der Waals surface area contributed by atoms with E-state index < -0.39 is 0 Å². The van der Waals surface area contributed by atoms with E-state index >= 15 is 0 Å². The van der Waals surface area contributed by atoms with Gasteiger partial charge in [0.05, 0.1) is 11.2 Å². The van der Waals surface area contributed by atoms with E-state index in [1.807, 2.05) is 0 Å². The van der Waals surface area contributed by atoms with Crippen LogP contribution in [0, 0.1) is 0 Å². The van der Waals surface area contributed by atoms with Crippen molar-refractivity contribution in [2.24, 2.45) is 0 Å². The molecule has 0 atom stereocenters. The van der Waals surface area contributed by atoms with Crippen LogP contribution in [0.2, 0.25) is 0 Å². The number of hydrogen-bond acceptors (Lipinski definition) is 3. The molecule has 0 aliphatic carbocycles. The number of nitrogens with zero attached hydrogens (tertiary/aromatic N) is 3. The Morgan fingerprint density at radius 1 is 0.893 bits per heavy atom. The van der Waals surface area contributed by atoms with E-state index in [-0.39, 0.29) is 0 Å². The van der Waals surface area contributed by atoms with Crippen molar-refractivity contribution in [3.8, 4) is 11.3 Å². The molecule has 5 rings (SSSR count). The molecule has 0 radical (unpaired) electrons. The van der Waals surface area contributed by atoms with Crippen molar-refractivity contribution < 1.29 is 0 Å². The Balaban J connectivity index is 1.80. The lowest BCUT2D eigenvalue weighted by Gasteiger charge is -2.28. The van der Waals surface area contributed by atoms with E-state index in [0.29, 0.717) is 0 Å². The minimum Gasteiger partial charge on any atom is -0.378 e. The largest absolute Gasteiger partial charge is 0.378 e. The fourth-order valence-corrected chi connectivity index (χ4v) is 4.41. The van der Waals surface area contributed by atoms with Crippen LogP contribution in [0.15, 0.2) is 60.7 Å². The summed E-state index contributed by atoms with van der Waals surface area (Å²) in [7, 11) is 6.35. The molecular weight excluding hydrogens is 342 g/mol. The lowest BCUT2D eigenvalue weighted by atomic mass is 9.89. The van der Waals surface area contributed by atoms with E-state index in [4.69, 9.17) is 4.98 Å². The Morgan fingerprint density at radius 3 is 2.46 bits per heavy atom. The van der Waals surface area contributed by atoms with Gasteiger partial charge in [-0.1, -0.05) is 42.5 Å². The lowest BCUT2D eigenvalue weighted by Crippen LogP contribution is -2.27. The van der Waals surface area contributed by atoms with Gasteiger partial charge < -0.3 is 9.80 Å². The third kappa shape index (κ3) is 2.74. The lowest BCUT2D eigenvalue weighted by molar-refractivity contribution is 0.314. The highest BCUT2D eigenvalue weighted by Gasteiger charge is 2.22. The summed E-state index contributed by atoms with van der Waals surface area (Å²) in [6.07, 6.45) is 1.07. The molecule has 0 N–H and O–H groups in total. The Kier molecular flexibility index (Phi) is 4.06. The molecule has 4 aromatic rings. The maximum Gasteiger partial charge on any atom is 0.0757 e. The van der Waals surface area contributed by atoms with Gasteiger partial charge in [-0.15, -0.1) is 0 Å². The number of likely N-dealkylation sites (N-methyl/N-ethyl adjacent to an activating group) is 1. The third-order valence-electron chi connectivity index (χ3n) is 5.92. The number of pyridine rings is 1. The molecule has 2 heterocycles. The van der Waals surface area contributed by atoms with Gasteiger partial charge in [0.1, 0.15) is 0 Å². The standard InChI is InChI=1S/C25H25N3/c1-27(2)19-11-8-18(9-12-19)25-22-16-28(3)15-14-21(22)24-20-7-5-4-6-17(20)10-13-23(24)26-25/h4-13H,14-16H2,1-3H3. The molecule has 0 amide bonds. The predicted octanol–water partition coefficient (Wildman–Crippen LogP) is 5.11. The van der Waals surface area contributed by atoms with Crippen molar-refractivity contribution >= 4 is 27.4 Å². The van der Waals surface area contributed by atoms with Crippen molar-refractivity contribution in [1.82, 2.24) is 9.88 Å². The molecule has 0 fully saturated rings. The molecule has 140 valence electrons. The summed E-state index contributed by atoms with van der Waals surface area (Å²) in [6, 6.07) is 21.9. The molecular formula is C25H25N3. The van der Waals surface area contributed by atoms with E-state index in [9.17, 15) is 0 Å². The van der Waals surface area contributed by atoms with Crippen molar-refractivity contribution in [2.45, 2.75) is 13.0 Å². The van der Waals surface area contributed by atoms with E-state index in [0.717, 1.165) is 30.7 Å². The first kappa shape index (κ1) is 17.2. The monoisotopic (exact) mass is 367 g/mol. The quantitative estimate of drug-likeness (QED) is 0.459. The molecule has 28 heavy (non-hydrogen) atoms. The number of benzene rings is 3. The molecule has 0 unspecified atom stereocenters. The van der Waals surface area contributed by atoms with Crippen LogP contribution in [0.1, 0.15) is 11.1 Å². The van der Waals surface area contributed by atoms with Gasteiger partial charge in [0.2, 0.25) is 0 Å². The molecule has 3 heteroatoms. The summed E-state index contributed by atoms with van der Waals surface area (Å²) in [5, 5.41) is 3.96. The maximum atomic E-state index is 5.18. The molecule has 3 aromatic carbocycles. The van der Waals surface area contributed by atoms with Gasteiger partial charge in [0, 0.05) is 43.8 Å². The number of aromatic nitrogens is 1. The fraction of sp³-hybridized carbons (Fsp3) is 0.240. The fourth-order valence-electron chi connectivity index (χ4n) is 4.41. The van der Waals surface area contributed by atoms with Crippen LogP contribution in [-0.4, -0.2) is 37.6 Å². The summed E-state index contributed by atoms with van der Waals surface area (Å²) in [5.41, 5.74) is 7.51. The number of hydrogen-bond donors (Lipinski definition) is 0. The van der Waals surface area contributed by atoms with Crippen LogP contribution < -0.4 is 4.90 Å². The van der Waals surface area contributed by atoms with Gasteiger partial charge in [-0.05, 0) is 53.6 Å². The number of rotatable bonds is 2. The Bertz CT molecular complexity index is 1180. The van der Waals surface area contributed by atoms with Crippen LogP contribution in [-0.2, 0) is 13.0 Å². The van der Waals surface area contributed by atoms with E-state index in [2.05, 4.69) is 91.6 Å². The normalized spacial score (nSPS) is 14.4. The molecule has 1 aliphatic rings. The molecule has 0 saturated heterocycles. The second-order valence-corrected chi connectivity index (χ2v) is 8.03. The zero-order chi connectivity index (χ0) is 19.3. The van der Waals surface area contributed by atoms with Crippen LogP contribution in [0.3, 0.4) is 0 Å². The Labute approximate surface area is 166 Å². The van der Waals surface area contributed by atoms with Crippen LogP contribution in [0.5, 0.6) is 0 Å². The average molecular weight is 367 g/mol. The first-order valence-electron chi connectivity index (χ1n) is 9.91. The summed E-state index contributed by atoms with van der Waals surface area (Å²) in [4.78, 5) is 9.71. The summed E-state index contributed by atoms with van der Waals surface area (Å²) < 4.78 is 0. The van der Waals surface area contributed by atoms with Gasteiger partial charge in [-0.25, -0.2) is 4.98 Å². The molecule has 3 nitrogen and oxygen atoms in total. The highest BCUT2D eigenvalue weighted by molar-refractivity contribution is 6.09. The minimum absolute atomic E-state index is 0.951. The van der Waals surface area contributed by atoms with Gasteiger partial charge in [-0.2, -0.15) is 0 Å². The van der Waals surface area contributed by atoms with Crippen LogP contribution in [0.4, 0.5) is 5.69 Å². The topological polar surface area (TPSA) is 19.4 Å². The smallest absolute Gasteiger partial charge is 0.0757 e. The van der Waals surface area contributed by atoms with Crippen LogP contribution >= 0.6 is 0 Å². The zero-order valence-corrected chi connectivity index (χ0v) is 16.7. The summed E-state index contributed by atoms with van der Waals surface area (Å²) in [5.74, 6) is 0. The Morgan fingerprint density at radius 2 is 1.68 bits per heavy atom. The molecule has 0 saturated carbocycles. The van der Waals surface area contributed by atoms with Crippen molar-refractivity contribution in [3.63, 3.8) is 0 Å². The SMILES string of the molecule is CN1CCc2c(c(-c3ccc(N(C)C)cc3)nc3ccc4ccccc4c23)C1. The molecule has 1 aromatic heterocycles. The van der Waals surface area contributed by atoms with Crippen molar-refractivity contribution in [1.29, 1.82) is 0 Å². The van der Waals surface area contributed by atoms with E-state index in [1.54, 1.807) is 0 Å². The molecule has 0 spiro atoms. The van der Waals surface area contributed by atoms with Gasteiger partial charge in [0.25, 0.3) is 0 Å². The number of anilines is 1. The summed E-state index contributed by atoms with van der Waals surface area (Å²) >= 11 is 0. The summed E-state index contributed by atoms with van der Waals surface area (Å²) in [6.45, 7) is 2.04. The Hall–Kier alpha value is -2.91. The minimum atomic E-state index is 0.951. The van der Waals surface area contributed by atoms with E-state index in [1.165, 1.54) is 38.5 Å². The second kappa shape index (κ2) is 6.61. The predicted molar refractivity (Wildman–Crippen MR) is 119 cm³/mol. The van der Waals surface area contributed by atoms with Gasteiger partial charge in [0.15, 0.2) is 0 Å². The number of fused-ring (bicyclic) bond motifs is 5. The first-order chi connectivity index (χ1) is 13.6. The maximum absolute atomic E-state index is 5.18. The first-order valence-corrected chi connectivity index (χ1v) is 9.91. The zero-order valence-electron chi connectivity index (χ0n) is 16.7. The molecule has 1 aliphatic heterocycles. The molecule has 0 bridgehead atoms. The highest BCUT2D eigenvalue weighted by atomic mass is 15.1. The second-order valence-electron chi connectivity index (χ2n) is 8.03.